The number of nitrogens with one attached hydrogen (secondary N) is 1. The van der Waals surface area contributed by atoms with Crippen molar-refractivity contribution in [2.75, 3.05) is 11.1 Å². The molecular formula is C12H13BrClNO3S. The highest BCUT2D eigenvalue weighted by molar-refractivity contribution is 9.10. The molecule has 0 aliphatic carbocycles. The maximum Gasteiger partial charge on any atom is 0.304 e. The first-order valence-electron chi connectivity index (χ1n) is 5.46. The Labute approximate surface area is 129 Å². The molecule has 0 saturated carbocycles. The van der Waals surface area contributed by atoms with Crippen LogP contribution in [0.15, 0.2) is 22.7 Å². The van der Waals surface area contributed by atoms with Crippen LogP contribution in [0.3, 0.4) is 0 Å². The summed E-state index contributed by atoms with van der Waals surface area (Å²) in [5.74, 6) is -0.872. The largest absolute Gasteiger partial charge is 0.481 e. The number of halogens is 2. The molecule has 0 aliphatic rings. The molecule has 0 radical (unpaired) electrons. The van der Waals surface area contributed by atoms with E-state index in [9.17, 15) is 9.59 Å². The van der Waals surface area contributed by atoms with Crippen molar-refractivity contribution >= 4 is 56.9 Å². The topological polar surface area (TPSA) is 66.4 Å². The molecule has 0 heterocycles. The van der Waals surface area contributed by atoms with E-state index in [2.05, 4.69) is 21.2 Å². The van der Waals surface area contributed by atoms with Gasteiger partial charge in [-0.3, -0.25) is 9.59 Å². The van der Waals surface area contributed by atoms with Gasteiger partial charge in [-0.05, 0) is 18.2 Å². The number of thioether (sulfide) groups is 1. The van der Waals surface area contributed by atoms with E-state index in [1.807, 2.05) is 0 Å². The van der Waals surface area contributed by atoms with Crippen LogP contribution in [-0.4, -0.2) is 28.0 Å². The Morgan fingerprint density at radius 2 is 2.21 bits per heavy atom. The number of rotatable bonds is 6. The van der Waals surface area contributed by atoms with E-state index in [1.165, 1.54) is 11.8 Å². The second-order valence-electron chi connectivity index (χ2n) is 3.89. The number of carboxylic acid groups (broad SMARTS) is 1. The number of benzene rings is 1. The zero-order valence-electron chi connectivity index (χ0n) is 10.2. The highest BCUT2D eigenvalue weighted by Gasteiger charge is 2.11. The Balaban J connectivity index is 2.45. The molecule has 0 aromatic heterocycles. The molecule has 1 aromatic carbocycles. The van der Waals surface area contributed by atoms with Crippen LogP contribution in [0.4, 0.5) is 5.69 Å². The summed E-state index contributed by atoms with van der Waals surface area (Å²) in [4.78, 5) is 22.2. The summed E-state index contributed by atoms with van der Waals surface area (Å²) in [5.41, 5.74) is 0.543. The van der Waals surface area contributed by atoms with Gasteiger partial charge < -0.3 is 10.4 Å². The average molecular weight is 367 g/mol. The van der Waals surface area contributed by atoms with Gasteiger partial charge in [-0.15, -0.1) is 11.8 Å². The summed E-state index contributed by atoms with van der Waals surface area (Å²) < 4.78 is 0.833. The van der Waals surface area contributed by atoms with Gasteiger partial charge in [-0.2, -0.15) is 0 Å². The van der Waals surface area contributed by atoms with Gasteiger partial charge in [0.1, 0.15) is 0 Å². The molecule has 0 spiro atoms. The quantitative estimate of drug-likeness (QED) is 0.806. The molecule has 1 rings (SSSR count). The number of carboxylic acids is 1. The highest BCUT2D eigenvalue weighted by atomic mass is 79.9. The molecule has 1 amide bonds. The van der Waals surface area contributed by atoms with Crippen LogP contribution >= 0.6 is 39.3 Å². The Kier molecular flexibility index (Phi) is 6.68. The average Bonchev–Trinajstić information content (AvgIpc) is 2.29. The minimum atomic E-state index is -0.864. The number of hydrogen-bond donors (Lipinski definition) is 2. The standard InChI is InChI=1S/C12H13BrClNO3S/c1-7(4-12(17)18)19-6-11(16)15-10-3-2-8(13)5-9(10)14/h2-3,5,7H,4,6H2,1H3,(H,15,16)(H,17,18). The summed E-state index contributed by atoms with van der Waals surface area (Å²) in [6.45, 7) is 1.78. The van der Waals surface area contributed by atoms with Crippen LogP contribution < -0.4 is 5.32 Å². The van der Waals surface area contributed by atoms with Crippen molar-refractivity contribution in [3.05, 3.63) is 27.7 Å². The Morgan fingerprint density at radius 1 is 1.53 bits per heavy atom. The summed E-state index contributed by atoms with van der Waals surface area (Å²) in [5, 5.41) is 11.6. The van der Waals surface area contributed by atoms with E-state index in [4.69, 9.17) is 16.7 Å². The fraction of sp³-hybridized carbons (Fsp3) is 0.333. The molecule has 7 heteroatoms. The summed E-state index contributed by atoms with van der Waals surface area (Å²) in [6, 6.07) is 5.18. The van der Waals surface area contributed by atoms with Crippen molar-refractivity contribution in [3.63, 3.8) is 0 Å². The fourth-order valence-electron chi connectivity index (χ4n) is 1.30. The Morgan fingerprint density at radius 3 is 2.79 bits per heavy atom. The van der Waals surface area contributed by atoms with Crippen molar-refractivity contribution < 1.29 is 14.7 Å². The van der Waals surface area contributed by atoms with Gasteiger partial charge in [-0.25, -0.2) is 0 Å². The molecule has 1 unspecified atom stereocenters. The minimum Gasteiger partial charge on any atom is -0.481 e. The lowest BCUT2D eigenvalue weighted by molar-refractivity contribution is -0.136. The number of carbonyl (C=O) groups excluding carboxylic acids is 1. The van der Waals surface area contributed by atoms with E-state index in [1.54, 1.807) is 25.1 Å². The van der Waals surface area contributed by atoms with E-state index >= 15 is 0 Å². The molecule has 0 aliphatic heterocycles. The van der Waals surface area contributed by atoms with Gasteiger partial charge in [-0.1, -0.05) is 34.5 Å². The van der Waals surface area contributed by atoms with Crippen molar-refractivity contribution in [2.45, 2.75) is 18.6 Å². The van der Waals surface area contributed by atoms with Crippen LogP contribution in [-0.2, 0) is 9.59 Å². The van der Waals surface area contributed by atoms with E-state index < -0.39 is 5.97 Å². The first-order valence-corrected chi connectivity index (χ1v) is 7.68. The predicted molar refractivity (Wildman–Crippen MR) is 82.0 cm³/mol. The van der Waals surface area contributed by atoms with Crippen LogP contribution in [0, 0.1) is 0 Å². The maximum atomic E-state index is 11.7. The molecule has 0 bridgehead atoms. The number of carbonyl (C=O) groups is 2. The summed E-state index contributed by atoms with van der Waals surface area (Å²) in [6.07, 6.45) is 0.0387. The maximum absolute atomic E-state index is 11.7. The normalized spacial score (nSPS) is 11.9. The van der Waals surface area contributed by atoms with Crippen molar-refractivity contribution in [1.82, 2.24) is 0 Å². The molecule has 19 heavy (non-hydrogen) atoms. The van der Waals surface area contributed by atoms with Gasteiger partial charge in [0.05, 0.1) is 22.9 Å². The van der Waals surface area contributed by atoms with Gasteiger partial charge >= 0.3 is 5.97 Å². The number of aliphatic carboxylic acids is 1. The minimum absolute atomic E-state index is 0.0387. The lowest BCUT2D eigenvalue weighted by atomic mass is 10.3. The Hall–Kier alpha value is -0.720. The van der Waals surface area contributed by atoms with Crippen LogP contribution in [0.2, 0.25) is 5.02 Å². The van der Waals surface area contributed by atoms with E-state index in [0.29, 0.717) is 10.7 Å². The number of amides is 1. The van der Waals surface area contributed by atoms with E-state index in [-0.39, 0.29) is 23.3 Å². The second kappa shape index (κ2) is 7.77. The molecule has 1 atom stereocenters. The monoisotopic (exact) mass is 365 g/mol. The van der Waals surface area contributed by atoms with Gasteiger partial charge in [0, 0.05) is 9.72 Å². The fourth-order valence-corrected chi connectivity index (χ4v) is 2.79. The molecule has 1 aromatic rings. The van der Waals surface area contributed by atoms with Gasteiger partial charge in [0.25, 0.3) is 0 Å². The lowest BCUT2D eigenvalue weighted by Gasteiger charge is -2.10. The summed E-state index contributed by atoms with van der Waals surface area (Å²) in [7, 11) is 0. The Bertz CT molecular complexity index is 484. The number of anilines is 1. The van der Waals surface area contributed by atoms with Crippen LogP contribution in [0.1, 0.15) is 13.3 Å². The first kappa shape index (κ1) is 16.3. The van der Waals surface area contributed by atoms with Crippen molar-refractivity contribution in [2.24, 2.45) is 0 Å². The highest BCUT2D eigenvalue weighted by Crippen LogP contribution is 2.26. The molecule has 0 saturated heterocycles. The van der Waals surface area contributed by atoms with Crippen molar-refractivity contribution in [3.8, 4) is 0 Å². The van der Waals surface area contributed by atoms with Crippen molar-refractivity contribution in [1.29, 1.82) is 0 Å². The molecule has 104 valence electrons. The second-order valence-corrected chi connectivity index (χ2v) is 6.64. The van der Waals surface area contributed by atoms with Crippen LogP contribution in [0.5, 0.6) is 0 Å². The summed E-state index contributed by atoms with van der Waals surface area (Å²) >= 11 is 10.6. The van der Waals surface area contributed by atoms with E-state index in [0.717, 1.165) is 4.47 Å². The zero-order chi connectivity index (χ0) is 14.4. The van der Waals surface area contributed by atoms with Gasteiger partial charge in [0.15, 0.2) is 0 Å². The van der Waals surface area contributed by atoms with Gasteiger partial charge in [0.2, 0.25) is 5.91 Å². The predicted octanol–water partition coefficient (Wildman–Crippen LogP) is 3.64. The molecule has 4 nitrogen and oxygen atoms in total. The van der Waals surface area contributed by atoms with Crippen LogP contribution in [0.25, 0.3) is 0 Å². The SMILES string of the molecule is CC(CC(=O)O)SCC(=O)Nc1ccc(Br)cc1Cl. The molecule has 2 N–H and O–H groups in total. The smallest absolute Gasteiger partial charge is 0.304 e. The molecule has 0 fully saturated rings. The lowest BCUT2D eigenvalue weighted by Crippen LogP contribution is -2.17. The third-order valence-electron chi connectivity index (χ3n) is 2.17. The number of hydrogen-bond acceptors (Lipinski definition) is 3. The third kappa shape index (κ3) is 6.31. The first-order chi connectivity index (χ1) is 8.88. The third-order valence-corrected chi connectivity index (χ3v) is 4.14. The molecular weight excluding hydrogens is 354 g/mol. The zero-order valence-corrected chi connectivity index (χ0v) is 13.3.